The van der Waals surface area contributed by atoms with E-state index in [1.54, 1.807) is 6.07 Å². The van der Waals surface area contributed by atoms with Crippen LogP contribution in [0, 0.1) is 5.82 Å². The molecule has 126 valence electrons. The molecule has 0 spiro atoms. The van der Waals surface area contributed by atoms with Gasteiger partial charge in [-0.05, 0) is 24.6 Å². The molecule has 23 heavy (non-hydrogen) atoms. The van der Waals surface area contributed by atoms with Crippen LogP contribution in [0.2, 0.25) is 0 Å². The van der Waals surface area contributed by atoms with E-state index in [0.29, 0.717) is 6.42 Å². The van der Waals surface area contributed by atoms with Crippen molar-refractivity contribution in [1.82, 2.24) is 10.6 Å². The summed E-state index contributed by atoms with van der Waals surface area (Å²) in [6.07, 6.45) is 0.646. The molecule has 0 radical (unpaired) electrons. The van der Waals surface area contributed by atoms with Gasteiger partial charge in [0.05, 0.1) is 5.69 Å². The fourth-order valence-corrected chi connectivity index (χ4v) is 2.76. The molecule has 3 rings (SSSR count). The molecule has 2 heterocycles. The molecule has 8 heteroatoms. The highest BCUT2D eigenvalue weighted by atomic mass is 35.5. The minimum atomic E-state index is -0.572. The number of nitrogens with one attached hydrogen (secondary N) is 3. The average molecular weight is 343 g/mol. The Hall–Kier alpha value is -1.86. The van der Waals surface area contributed by atoms with Gasteiger partial charge in [0.25, 0.3) is 0 Å². The van der Waals surface area contributed by atoms with E-state index in [2.05, 4.69) is 20.9 Å². The van der Waals surface area contributed by atoms with Crippen LogP contribution in [0.1, 0.15) is 12.8 Å². The Bertz CT molecular complexity index is 593. The van der Waals surface area contributed by atoms with E-state index in [4.69, 9.17) is 0 Å². The van der Waals surface area contributed by atoms with Crippen LogP contribution < -0.4 is 20.9 Å². The lowest BCUT2D eigenvalue weighted by Gasteiger charge is -2.30. The van der Waals surface area contributed by atoms with Gasteiger partial charge in [0, 0.05) is 38.3 Å². The van der Waals surface area contributed by atoms with Gasteiger partial charge in [0.15, 0.2) is 0 Å². The van der Waals surface area contributed by atoms with Crippen molar-refractivity contribution in [2.45, 2.75) is 18.9 Å². The van der Waals surface area contributed by atoms with Gasteiger partial charge in [-0.15, -0.1) is 12.4 Å². The maximum absolute atomic E-state index is 14.3. The highest BCUT2D eigenvalue weighted by molar-refractivity contribution is 6.01. The molecule has 0 aliphatic carbocycles. The Labute approximate surface area is 140 Å². The smallest absolute Gasteiger partial charge is 0.249 e. The molecule has 2 aliphatic heterocycles. The number of amides is 2. The quantitative estimate of drug-likeness (QED) is 0.711. The Balaban J connectivity index is 0.00000192. The third-order valence-electron chi connectivity index (χ3n) is 4.00. The first-order valence-corrected chi connectivity index (χ1v) is 7.49. The highest BCUT2D eigenvalue weighted by Crippen LogP contribution is 2.24. The minimum absolute atomic E-state index is 0. The molecule has 2 saturated heterocycles. The van der Waals surface area contributed by atoms with Gasteiger partial charge in [0.1, 0.15) is 11.9 Å². The lowest BCUT2D eigenvalue weighted by molar-refractivity contribution is -0.133. The summed E-state index contributed by atoms with van der Waals surface area (Å²) in [5.41, 5.74) is 1.13. The van der Waals surface area contributed by atoms with Crippen molar-refractivity contribution in [3.8, 4) is 0 Å². The summed E-state index contributed by atoms with van der Waals surface area (Å²) in [7, 11) is 0. The molecule has 2 aliphatic rings. The molecule has 1 atom stereocenters. The zero-order valence-electron chi connectivity index (χ0n) is 12.6. The SMILES string of the molecule is Cl.O=C1CCC(Nc2ccc(N3CCNCC3)cc2F)C(=O)N1. The normalized spacial score (nSPS) is 21.4. The number of anilines is 2. The van der Waals surface area contributed by atoms with Gasteiger partial charge < -0.3 is 15.5 Å². The fourth-order valence-electron chi connectivity index (χ4n) is 2.76. The topological polar surface area (TPSA) is 73.5 Å². The van der Waals surface area contributed by atoms with Gasteiger partial charge in [-0.25, -0.2) is 4.39 Å². The molecular formula is C15H20ClFN4O2. The number of carbonyl (C=O) groups excluding carboxylic acids is 2. The standard InChI is InChI=1S/C15H19FN4O2.ClH/c16-11-9-10(20-7-5-17-6-8-20)1-2-12(11)18-13-3-4-14(21)19-15(13)22;/h1-2,9,13,17-18H,3-8H2,(H,19,21,22);1H. The average Bonchev–Trinajstić information content (AvgIpc) is 2.52. The van der Waals surface area contributed by atoms with Crippen molar-refractivity contribution in [1.29, 1.82) is 0 Å². The second-order valence-corrected chi connectivity index (χ2v) is 5.55. The van der Waals surface area contributed by atoms with E-state index in [0.717, 1.165) is 31.9 Å². The molecular weight excluding hydrogens is 323 g/mol. The maximum Gasteiger partial charge on any atom is 0.249 e. The van der Waals surface area contributed by atoms with Crippen LogP contribution in [0.3, 0.4) is 0 Å². The summed E-state index contributed by atoms with van der Waals surface area (Å²) < 4.78 is 14.3. The van der Waals surface area contributed by atoms with Crippen LogP contribution in [0.5, 0.6) is 0 Å². The first-order chi connectivity index (χ1) is 10.6. The van der Waals surface area contributed by atoms with E-state index in [-0.39, 0.29) is 36.2 Å². The number of nitrogens with zero attached hydrogens (tertiary/aromatic N) is 1. The van der Waals surface area contributed by atoms with Crippen molar-refractivity contribution in [2.75, 3.05) is 36.4 Å². The molecule has 6 nitrogen and oxygen atoms in total. The summed E-state index contributed by atoms with van der Waals surface area (Å²) in [5.74, 6) is -1.07. The first-order valence-electron chi connectivity index (χ1n) is 7.49. The number of hydrogen-bond acceptors (Lipinski definition) is 5. The molecule has 1 unspecified atom stereocenters. The maximum atomic E-state index is 14.3. The Morgan fingerprint density at radius 3 is 2.61 bits per heavy atom. The Morgan fingerprint density at radius 1 is 1.22 bits per heavy atom. The number of carbonyl (C=O) groups is 2. The lowest BCUT2D eigenvalue weighted by atomic mass is 10.1. The fraction of sp³-hybridized carbons (Fsp3) is 0.467. The Morgan fingerprint density at radius 2 is 1.96 bits per heavy atom. The van der Waals surface area contributed by atoms with Crippen molar-refractivity contribution < 1.29 is 14.0 Å². The van der Waals surface area contributed by atoms with Crippen molar-refractivity contribution in [3.63, 3.8) is 0 Å². The summed E-state index contributed by atoms with van der Waals surface area (Å²) in [6, 6.07) is 4.41. The van der Waals surface area contributed by atoms with Gasteiger partial charge in [0.2, 0.25) is 11.8 Å². The molecule has 3 N–H and O–H groups in total. The first kappa shape index (κ1) is 17.5. The molecule has 1 aromatic rings. The van der Waals surface area contributed by atoms with Crippen molar-refractivity contribution in [3.05, 3.63) is 24.0 Å². The predicted molar refractivity (Wildman–Crippen MR) is 88.5 cm³/mol. The number of piperazine rings is 1. The van der Waals surface area contributed by atoms with E-state index >= 15 is 0 Å². The van der Waals surface area contributed by atoms with E-state index in [9.17, 15) is 14.0 Å². The number of hydrogen-bond donors (Lipinski definition) is 3. The van der Waals surface area contributed by atoms with E-state index in [1.807, 2.05) is 6.07 Å². The molecule has 0 saturated carbocycles. The summed E-state index contributed by atoms with van der Waals surface area (Å²) in [5, 5.41) is 8.39. The number of imide groups is 1. The van der Waals surface area contributed by atoms with E-state index < -0.39 is 11.9 Å². The van der Waals surface area contributed by atoms with Gasteiger partial charge >= 0.3 is 0 Å². The van der Waals surface area contributed by atoms with Crippen molar-refractivity contribution in [2.24, 2.45) is 0 Å². The Kier molecular flexibility index (Phi) is 5.79. The van der Waals surface area contributed by atoms with Crippen molar-refractivity contribution >= 4 is 35.6 Å². The second kappa shape index (κ2) is 7.61. The zero-order chi connectivity index (χ0) is 15.5. The number of rotatable bonds is 3. The van der Waals surface area contributed by atoms with Crippen LogP contribution in [-0.2, 0) is 9.59 Å². The predicted octanol–water partition coefficient (Wildman–Crippen LogP) is 0.874. The van der Waals surface area contributed by atoms with Crippen LogP contribution in [0.15, 0.2) is 18.2 Å². The summed E-state index contributed by atoms with van der Waals surface area (Å²) in [4.78, 5) is 24.9. The van der Waals surface area contributed by atoms with Gasteiger partial charge in [-0.1, -0.05) is 0 Å². The minimum Gasteiger partial charge on any atom is -0.371 e. The van der Waals surface area contributed by atoms with Crippen LogP contribution in [0.25, 0.3) is 0 Å². The highest BCUT2D eigenvalue weighted by Gasteiger charge is 2.27. The van der Waals surface area contributed by atoms with E-state index in [1.165, 1.54) is 6.07 Å². The van der Waals surface area contributed by atoms with Crippen LogP contribution in [0.4, 0.5) is 15.8 Å². The summed E-state index contributed by atoms with van der Waals surface area (Å²) >= 11 is 0. The zero-order valence-corrected chi connectivity index (χ0v) is 13.4. The third-order valence-corrected chi connectivity index (χ3v) is 4.00. The number of piperidine rings is 1. The third kappa shape index (κ3) is 4.11. The van der Waals surface area contributed by atoms with Crippen LogP contribution in [-0.4, -0.2) is 44.0 Å². The lowest BCUT2D eigenvalue weighted by Crippen LogP contribution is -2.47. The van der Waals surface area contributed by atoms with Gasteiger partial charge in [-0.3, -0.25) is 14.9 Å². The van der Waals surface area contributed by atoms with Gasteiger partial charge in [-0.2, -0.15) is 0 Å². The molecule has 1 aromatic carbocycles. The van der Waals surface area contributed by atoms with Crippen LogP contribution >= 0.6 is 12.4 Å². The molecule has 2 amide bonds. The largest absolute Gasteiger partial charge is 0.371 e. The molecule has 0 bridgehead atoms. The molecule has 0 aromatic heterocycles. The number of halogens is 2. The summed E-state index contributed by atoms with van der Waals surface area (Å²) in [6.45, 7) is 3.47. The second-order valence-electron chi connectivity index (χ2n) is 5.55. The number of benzene rings is 1. The monoisotopic (exact) mass is 342 g/mol. The molecule has 2 fully saturated rings.